The van der Waals surface area contributed by atoms with Crippen LogP contribution in [-0.2, 0) is 13.6 Å². The zero-order chi connectivity index (χ0) is 20.2. The van der Waals surface area contributed by atoms with E-state index >= 15 is 0 Å². The summed E-state index contributed by atoms with van der Waals surface area (Å²) in [5.74, 6) is 0.615. The van der Waals surface area contributed by atoms with Crippen LogP contribution in [-0.4, -0.2) is 40.6 Å². The van der Waals surface area contributed by atoms with E-state index in [1.165, 1.54) is 29.8 Å². The monoisotopic (exact) mass is 390 g/mol. The topological polar surface area (TPSA) is 61.3 Å². The van der Waals surface area contributed by atoms with E-state index in [1.54, 1.807) is 0 Å². The average Bonchev–Trinajstić information content (AvgIpc) is 2.98. The Morgan fingerprint density at radius 2 is 1.66 bits per heavy atom. The minimum Gasteiger partial charge on any atom is -0.357 e. The molecular formula is C23H26N4O2. The van der Waals surface area contributed by atoms with Crippen LogP contribution in [0.3, 0.4) is 0 Å². The molecule has 1 saturated heterocycles. The molecule has 0 radical (unpaired) electrons. The maximum Gasteiger partial charge on any atom is 0.329 e. The molecule has 1 aliphatic rings. The van der Waals surface area contributed by atoms with Crippen LogP contribution < -0.4 is 16.1 Å². The molecule has 2 aromatic carbocycles. The van der Waals surface area contributed by atoms with Crippen molar-refractivity contribution in [2.24, 2.45) is 7.05 Å². The van der Waals surface area contributed by atoms with E-state index in [0.717, 1.165) is 43.7 Å². The van der Waals surface area contributed by atoms with E-state index in [2.05, 4.69) is 63.3 Å². The second kappa shape index (κ2) is 8.49. The molecule has 3 aromatic rings. The Hall–Kier alpha value is -3.12. The number of anilines is 1. The molecule has 1 fully saturated rings. The summed E-state index contributed by atoms with van der Waals surface area (Å²) >= 11 is 0. The van der Waals surface area contributed by atoms with Gasteiger partial charge in [0.1, 0.15) is 5.82 Å². The van der Waals surface area contributed by atoms with Gasteiger partial charge in [0.15, 0.2) is 0 Å². The summed E-state index contributed by atoms with van der Waals surface area (Å²) in [5, 5.41) is 0. The first-order valence-corrected chi connectivity index (χ1v) is 10.0. The molecule has 0 spiro atoms. The third kappa shape index (κ3) is 4.32. The summed E-state index contributed by atoms with van der Waals surface area (Å²) < 4.78 is 1.09. The predicted molar refractivity (Wildman–Crippen MR) is 116 cm³/mol. The lowest BCUT2D eigenvalue weighted by atomic mass is 9.99. The average molecular weight is 390 g/mol. The molecule has 1 aromatic heterocycles. The molecule has 6 heteroatoms. The number of hydrogen-bond acceptors (Lipinski definition) is 4. The molecule has 0 saturated carbocycles. The van der Waals surface area contributed by atoms with Crippen molar-refractivity contribution in [2.75, 3.05) is 31.1 Å². The number of aromatic amines is 1. The Morgan fingerprint density at radius 3 is 2.45 bits per heavy atom. The molecule has 4 rings (SSSR count). The van der Waals surface area contributed by atoms with Gasteiger partial charge < -0.3 is 4.90 Å². The Balaban J connectivity index is 1.49. The van der Waals surface area contributed by atoms with Gasteiger partial charge in [-0.1, -0.05) is 54.6 Å². The summed E-state index contributed by atoms with van der Waals surface area (Å²) in [7, 11) is 1.49. The van der Waals surface area contributed by atoms with Crippen molar-refractivity contribution in [1.29, 1.82) is 0 Å². The standard InChI is InChI=1S/C23H26N4O2/c1-25-22(28)16-21(24-23(25)29)27-13-7-12-26(14-15-27)17-19-10-5-6-11-20(19)18-8-3-2-4-9-18/h2-6,8-11,16H,7,12-15,17H2,1H3,(H,24,29). The lowest BCUT2D eigenvalue weighted by molar-refractivity contribution is 0.286. The van der Waals surface area contributed by atoms with Gasteiger partial charge in [0.05, 0.1) is 0 Å². The Bertz CT molecular complexity index is 1060. The van der Waals surface area contributed by atoms with Gasteiger partial charge >= 0.3 is 5.69 Å². The highest BCUT2D eigenvalue weighted by atomic mass is 16.2. The number of nitrogens with one attached hydrogen (secondary N) is 1. The quantitative estimate of drug-likeness (QED) is 0.743. The van der Waals surface area contributed by atoms with Crippen molar-refractivity contribution < 1.29 is 0 Å². The zero-order valence-electron chi connectivity index (χ0n) is 16.7. The van der Waals surface area contributed by atoms with Crippen LogP contribution >= 0.6 is 0 Å². The number of hydrogen-bond donors (Lipinski definition) is 1. The third-order valence-corrected chi connectivity index (χ3v) is 5.56. The molecule has 150 valence electrons. The van der Waals surface area contributed by atoms with Crippen LogP contribution in [0.4, 0.5) is 5.82 Å². The van der Waals surface area contributed by atoms with E-state index in [-0.39, 0.29) is 11.2 Å². The predicted octanol–water partition coefficient (Wildman–Crippen LogP) is 2.45. The van der Waals surface area contributed by atoms with Crippen LogP contribution in [0.2, 0.25) is 0 Å². The number of H-pyrrole nitrogens is 1. The first kappa shape index (κ1) is 19.2. The van der Waals surface area contributed by atoms with E-state index < -0.39 is 0 Å². The smallest absolute Gasteiger partial charge is 0.329 e. The largest absolute Gasteiger partial charge is 0.357 e. The van der Waals surface area contributed by atoms with Gasteiger partial charge in [0, 0.05) is 45.8 Å². The summed E-state index contributed by atoms with van der Waals surface area (Å²) in [6.45, 7) is 4.33. The van der Waals surface area contributed by atoms with E-state index in [0.29, 0.717) is 5.82 Å². The second-order valence-electron chi connectivity index (χ2n) is 7.50. The fourth-order valence-electron chi connectivity index (χ4n) is 3.88. The molecule has 0 amide bonds. The SMILES string of the molecule is Cn1c(=O)cc(N2CCCN(Cc3ccccc3-c3ccccc3)CC2)[nH]c1=O. The lowest BCUT2D eigenvalue weighted by Crippen LogP contribution is -2.37. The third-order valence-electron chi connectivity index (χ3n) is 5.56. The van der Waals surface area contributed by atoms with Gasteiger partial charge in [-0.3, -0.25) is 19.2 Å². The molecule has 2 heterocycles. The highest BCUT2D eigenvalue weighted by Crippen LogP contribution is 2.25. The maximum absolute atomic E-state index is 12.0. The summed E-state index contributed by atoms with van der Waals surface area (Å²) in [5.41, 5.74) is 3.17. The van der Waals surface area contributed by atoms with Crippen LogP contribution in [0.25, 0.3) is 11.1 Å². The Morgan fingerprint density at radius 1 is 0.897 bits per heavy atom. The van der Waals surface area contributed by atoms with Gasteiger partial charge in [-0.25, -0.2) is 4.79 Å². The molecule has 0 unspecified atom stereocenters. The maximum atomic E-state index is 12.0. The van der Waals surface area contributed by atoms with Crippen molar-refractivity contribution in [3.05, 3.63) is 87.1 Å². The zero-order valence-corrected chi connectivity index (χ0v) is 16.7. The fourth-order valence-corrected chi connectivity index (χ4v) is 3.88. The van der Waals surface area contributed by atoms with Gasteiger partial charge in [-0.05, 0) is 23.1 Å². The minimum absolute atomic E-state index is 0.276. The highest BCUT2D eigenvalue weighted by molar-refractivity contribution is 5.67. The van der Waals surface area contributed by atoms with Gasteiger partial charge in [-0.2, -0.15) is 0 Å². The minimum atomic E-state index is -0.370. The molecule has 1 aliphatic heterocycles. The van der Waals surface area contributed by atoms with E-state index in [4.69, 9.17) is 0 Å². The molecule has 0 bridgehead atoms. The molecule has 29 heavy (non-hydrogen) atoms. The Labute approximate surface area is 170 Å². The molecule has 6 nitrogen and oxygen atoms in total. The summed E-state index contributed by atoms with van der Waals surface area (Å²) in [4.78, 5) is 31.3. The number of aromatic nitrogens is 2. The van der Waals surface area contributed by atoms with Crippen LogP contribution in [0.5, 0.6) is 0 Å². The molecule has 0 atom stereocenters. The first-order valence-electron chi connectivity index (χ1n) is 10.0. The van der Waals surface area contributed by atoms with Crippen LogP contribution in [0, 0.1) is 0 Å². The molecular weight excluding hydrogens is 364 g/mol. The molecule has 1 N–H and O–H groups in total. The van der Waals surface area contributed by atoms with E-state index in [1.807, 2.05) is 6.07 Å². The number of rotatable bonds is 4. The van der Waals surface area contributed by atoms with Gasteiger partial charge in [0.2, 0.25) is 0 Å². The molecule has 0 aliphatic carbocycles. The van der Waals surface area contributed by atoms with Crippen molar-refractivity contribution in [3.8, 4) is 11.1 Å². The highest BCUT2D eigenvalue weighted by Gasteiger charge is 2.18. The van der Waals surface area contributed by atoms with Crippen LogP contribution in [0.15, 0.2) is 70.3 Å². The second-order valence-corrected chi connectivity index (χ2v) is 7.50. The van der Waals surface area contributed by atoms with Crippen molar-refractivity contribution >= 4 is 5.82 Å². The first-order chi connectivity index (χ1) is 14.1. The van der Waals surface area contributed by atoms with Crippen molar-refractivity contribution in [1.82, 2.24) is 14.5 Å². The summed E-state index contributed by atoms with van der Waals surface area (Å²) in [6, 6.07) is 20.5. The van der Waals surface area contributed by atoms with Crippen LogP contribution in [0.1, 0.15) is 12.0 Å². The fraction of sp³-hybridized carbons (Fsp3) is 0.304. The van der Waals surface area contributed by atoms with Gasteiger partial charge in [-0.15, -0.1) is 0 Å². The lowest BCUT2D eigenvalue weighted by Gasteiger charge is -2.24. The summed E-state index contributed by atoms with van der Waals surface area (Å²) in [6.07, 6.45) is 0.977. The van der Waals surface area contributed by atoms with Crippen molar-refractivity contribution in [2.45, 2.75) is 13.0 Å². The van der Waals surface area contributed by atoms with E-state index in [9.17, 15) is 9.59 Å². The van der Waals surface area contributed by atoms with Gasteiger partial charge in [0.25, 0.3) is 5.56 Å². The Kier molecular flexibility index (Phi) is 5.62. The van der Waals surface area contributed by atoms with Crippen molar-refractivity contribution in [3.63, 3.8) is 0 Å². The normalized spacial score (nSPS) is 15.3. The number of benzene rings is 2. The number of nitrogens with zero attached hydrogens (tertiary/aromatic N) is 3.